The monoisotopic (exact) mass is 380 g/mol. The first kappa shape index (κ1) is 20.0. The maximum Gasteiger partial charge on any atom is 0.291 e. The van der Waals surface area contributed by atoms with Gasteiger partial charge in [-0.2, -0.15) is 0 Å². The molecule has 3 rings (SSSR count). The van der Waals surface area contributed by atoms with Crippen molar-refractivity contribution in [2.45, 2.75) is 27.7 Å². The summed E-state index contributed by atoms with van der Waals surface area (Å²) in [6, 6.07) is 13.4. The number of aryl methyl sites for hydroxylation is 2. The number of hydrogen-bond donors (Lipinski definition) is 1. The van der Waals surface area contributed by atoms with Crippen molar-refractivity contribution in [3.8, 4) is 5.75 Å². The first-order valence-electron chi connectivity index (χ1n) is 9.79. The minimum absolute atomic E-state index is 0.270. The second kappa shape index (κ2) is 8.93. The molecule has 1 amide bonds. The predicted octanol–water partition coefficient (Wildman–Crippen LogP) is 5.02. The standard InChI is InChI=1S/C23H28N2O3/c1-5-25(6-2)14-15-27-20-13-8-7-12-19(20)24-23(26)22-17(4)18-11-9-10-16(3)21(18)28-22/h7-13H,5-6,14-15H2,1-4H3,(H,24,26). The van der Waals surface area contributed by atoms with Crippen molar-refractivity contribution in [2.75, 3.05) is 31.6 Å². The van der Waals surface area contributed by atoms with E-state index in [9.17, 15) is 4.79 Å². The van der Waals surface area contributed by atoms with Gasteiger partial charge in [-0.25, -0.2) is 0 Å². The molecule has 0 aliphatic rings. The van der Waals surface area contributed by atoms with Crippen LogP contribution < -0.4 is 10.1 Å². The number of likely N-dealkylation sites (N-methyl/N-ethyl adjacent to an activating group) is 1. The van der Waals surface area contributed by atoms with Gasteiger partial charge in [0.2, 0.25) is 0 Å². The number of nitrogens with one attached hydrogen (secondary N) is 1. The molecule has 0 aliphatic heterocycles. The Morgan fingerprint density at radius 3 is 2.54 bits per heavy atom. The second-order valence-electron chi connectivity index (χ2n) is 6.83. The summed E-state index contributed by atoms with van der Waals surface area (Å²) in [6.45, 7) is 11.5. The average Bonchev–Trinajstić information content (AvgIpc) is 3.05. The molecule has 0 atom stereocenters. The van der Waals surface area contributed by atoms with Crippen LogP contribution in [0.1, 0.15) is 35.5 Å². The molecule has 0 radical (unpaired) electrons. The molecule has 0 fully saturated rings. The van der Waals surface area contributed by atoms with E-state index in [-0.39, 0.29) is 5.91 Å². The molecular formula is C23H28N2O3. The summed E-state index contributed by atoms with van der Waals surface area (Å²) in [7, 11) is 0. The van der Waals surface area contributed by atoms with Crippen molar-refractivity contribution in [1.29, 1.82) is 0 Å². The topological polar surface area (TPSA) is 54.7 Å². The number of para-hydroxylation sites is 3. The van der Waals surface area contributed by atoms with E-state index in [2.05, 4.69) is 24.1 Å². The van der Waals surface area contributed by atoms with Crippen LogP contribution in [-0.2, 0) is 0 Å². The SMILES string of the molecule is CCN(CC)CCOc1ccccc1NC(=O)c1oc2c(C)cccc2c1C. The van der Waals surface area contributed by atoms with E-state index >= 15 is 0 Å². The summed E-state index contributed by atoms with van der Waals surface area (Å²) in [5, 5.41) is 3.91. The highest BCUT2D eigenvalue weighted by Crippen LogP contribution is 2.30. The number of carbonyl (C=O) groups is 1. The molecular weight excluding hydrogens is 352 g/mol. The van der Waals surface area contributed by atoms with Crippen molar-refractivity contribution in [1.82, 2.24) is 4.90 Å². The molecule has 28 heavy (non-hydrogen) atoms. The van der Waals surface area contributed by atoms with E-state index in [1.807, 2.05) is 56.3 Å². The van der Waals surface area contributed by atoms with Gasteiger partial charge in [-0.3, -0.25) is 4.79 Å². The number of ether oxygens (including phenoxy) is 1. The Kier molecular flexibility index (Phi) is 6.37. The summed E-state index contributed by atoms with van der Waals surface area (Å²) in [6.07, 6.45) is 0. The number of rotatable bonds is 8. The van der Waals surface area contributed by atoms with Gasteiger partial charge in [0, 0.05) is 17.5 Å². The van der Waals surface area contributed by atoms with Crippen LogP contribution in [0.3, 0.4) is 0 Å². The minimum Gasteiger partial charge on any atom is -0.490 e. The highest BCUT2D eigenvalue weighted by molar-refractivity contribution is 6.07. The number of benzene rings is 2. The van der Waals surface area contributed by atoms with E-state index in [1.54, 1.807) is 0 Å². The Bertz CT molecular complexity index is 958. The van der Waals surface area contributed by atoms with E-state index in [0.717, 1.165) is 41.7 Å². The summed E-state index contributed by atoms with van der Waals surface area (Å²) >= 11 is 0. The maximum atomic E-state index is 12.9. The van der Waals surface area contributed by atoms with Crippen molar-refractivity contribution in [3.05, 3.63) is 59.4 Å². The molecule has 5 heteroatoms. The van der Waals surface area contributed by atoms with Crippen LogP contribution in [-0.4, -0.2) is 37.0 Å². The molecule has 3 aromatic rings. The number of anilines is 1. The Labute approximate surface area is 166 Å². The highest BCUT2D eigenvalue weighted by Gasteiger charge is 2.19. The molecule has 0 saturated carbocycles. The smallest absolute Gasteiger partial charge is 0.291 e. The molecule has 0 spiro atoms. The van der Waals surface area contributed by atoms with Crippen LogP contribution in [0.4, 0.5) is 5.69 Å². The van der Waals surface area contributed by atoms with Gasteiger partial charge < -0.3 is 19.4 Å². The van der Waals surface area contributed by atoms with E-state index in [1.165, 1.54) is 0 Å². The average molecular weight is 380 g/mol. The van der Waals surface area contributed by atoms with Crippen LogP contribution in [0.15, 0.2) is 46.9 Å². The quantitative estimate of drug-likeness (QED) is 0.596. The molecule has 0 aliphatic carbocycles. The molecule has 1 N–H and O–H groups in total. The lowest BCUT2D eigenvalue weighted by molar-refractivity contribution is 0.0997. The summed E-state index contributed by atoms with van der Waals surface area (Å²) < 4.78 is 11.8. The zero-order chi connectivity index (χ0) is 20.1. The zero-order valence-corrected chi connectivity index (χ0v) is 17.0. The number of carbonyl (C=O) groups excluding carboxylic acids is 1. The fraction of sp³-hybridized carbons (Fsp3) is 0.348. The Morgan fingerprint density at radius 1 is 1.07 bits per heavy atom. The third-order valence-electron chi connectivity index (χ3n) is 5.06. The van der Waals surface area contributed by atoms with Crippen LogP contribution >= 0.6 is 0 Å². The molecule has 0 saturated heterocycles. The first-order chi connectivity index (χ1) is 13.5. The highest BCUT2D eigenvalue weighted by atomic mass is 16.5. The summed E-state index contributed by atoms with van der Waals surface area (Å²) in [4.78, 5) is 15.2. The van der Waals surface area contributed by atoms with Gasteiger partial charge >= 0.3 is 0 Å². The maximum absolute atomic E-state index is 12.9. The number of amides is 1. The fourth-order valence-corrected chi connectivity index (χ4v) is 3.30. The van der Waals surface area contributed by atoms with Gasteiger partial charge in [0.15, 0.2) is 5.76 Å². The number of hydrogen-bond acceptors (Lipinski definition) is 4. The molecule has 148 valence electrons. The Hall–Kier alpha value is -2.79. The number of nitrogens with zero attached hydrogens (tertiary/aromatic N) is 1. The van der Waals surface area contributed by atoms with Crippen LogP contribution in [0, 0.1) is 13.8 Å². The first-order valence-corrected chi connectivity index (χ1v) is 9.79. The second-order valence-corrected chi connectivity index (χ2v) is 6.83. The largest absolute Gasteiger partial charge is 0.490 e. The van der Waals surface area contributed by atoms with Crippen molar-refractivity contribution in [3.63, 3.8) is 0 Å². The fourth-order valence-electron chi connectivity index (χ4n) is 3.30. The van der Waals surface area contributed by atoms with Gasteiger partial charge in [-0.15, -0.1) is 0 Å². The van der Waals surface area contributed by atoms with Gasteiger partial charge in [-0.05, 0) is 44.6 Å². The lowest BCUT2D eigenvalue weighted by atomic mass is 10.1. The van der Waals surface area contributed by atoms with Gasteiger partial charge in [0.05, 0.1) is 5.69 Å². The summed E-state index contributed by atoms with van der Waals surface area (Å²) in [5.41, 5.74) is 3.26. The minimum atomic E-state index is -0.270. The zero-order valence-electron chi connectivity index (χ0n) is 17.0. The lowest BCUT2D eigenvalue weighted by Gasteiger charge is -2.19. The van der Waals surface area contributed by atoms with Gasteiger partial charge in [0.1, 0.15) is 17.9 Å². The van der Waals surface area contributed by atoms with Gasteiger partial charge in [-0.1, -0.05) is 44.2 Å². The van der Waals surface area contributed by atoms with E-state index in [4.69, 9.17) is 9.15 Å². The third-order valence-corrected chi connectivity index (χ3v) is 5.06. The molecule has 5 nitrogen and oxygen atoms in total. The molecule has 1 aromatic heterocycles. The van der Waals surface area contributed by atoms with Gasteiger partial charge in [0.25, 0.3) is 5.91 Å². The van der Waals surface area contributed by atoms with Crippen molar-refractivity contribution in [2.24, 2.45) is 0 Å². The Balaban J connectivity index is 1.76. The van der Waals surface area contributed by atoms with Crippen molar-refractivity contribution < 1.29 is 13.9 Å². The van der Waals surface area contributed by atoms with Crippen LogP contribution in [0.2, 0.25) is 0 Å². The van der Waals surface area contributed by atoms with Crippen LogP contribution in [0.25, 0.3) is 11.0 Å². The summed E-state index contributed by atoms with van der Waals surface area (Å²) in [5.74, 6) is 0.725. The number of furan rings is 1. The Morgan fingerprint density at radius 2 is 1.82 bits per heavy atom. The molecule has 2 aromatic carbocycles. The number of fused-ring (bicyclic) bond motifs is 1. The molecule has 0 bridgehead atoms. The van der Waals surface area contributed by atoms with E-state index in [0.29, 0.717) is 23.8 Å². The molecule has 0 unspecified atom stereocenters. The van der Waals surface area contributed by atoms with E-state index < -0.39 is 0 Å². The lowest BCUT2D eigenvalue weighted by Crippen LogP contribution is -2.28. The molecule has 1 heterocycles. The predicted molar refractivity (Wildman–Crippen MR) is 113 cm³/mol. The normalized spacial score (nSPS) is 11.2. The van der Waals surface area contributed by atoms with Crippen molar-refractivity contribution >= 4 is 22.6 Å². The third kappa shape index (κ3) is 4.20. The van der Waals surface area contributed by atoms with Crippen LogP contribution in [0.5, 0.6) is 5.75 Å².